The Morgan fingerprint density at radius 3 is 1.18 bits per heavy atom. The van der Waals surface area contributed by atoms with E-state index in [1.54, 1.807) is 0 Å². The van der Waals surface area contributed by atoms with Crippen LogP contribution in [0.1, 0.15) is 297 Å². The Hall–Kier alpha value is -2.18. The van der Waals surface area contributed by atoms with Gasteiger partial charge in [0.05, 0.1) is 25.2 Å². The molecule has 0 saturated heterocycles. The number of hydrogen-bond donors (Lipinski definition) is 3. The second kappa shape index (κ2) is 53.8. The highest BCUT2D eigenvalue weighted by atomic mass is 16.5. The number of nitrogens with one attached hydrogen (secondary N) is 1. The van der Waals surface area contributed by atoms with Crippen LogP contribution in [0.25, 0.3) is 0 Å². The summed E-state index contributed by atoms with van der Waals surface area (Å²) in [5, 5.41) is 23.9. The minimum atomic E-state index is -0.792. The maximum atomic E-state index is 13.3. The topological polar surface area (TPSA) is 95.9 Å². The van der Waals surface area contributed by atoms with E-state index in [1.807, 2.05) is 0 Å². The van der Waals surface area contributed by atoms with Crippen LogP contribution < -0.4 is 5.32 Å². The molecular weight excluding hydrogens is 815 g/mol. The number of esters is 1. The summed E-state index contributed by atoms with van der Waals surface area (Å²) >= 11 is 0. The highest BCUT2D eigenvalue weighted by molar-refractivity contribution is 5.77. The van der Waals surface area contributed by atoms with Crippen LogP contribution in [-0.2, 0) is 14.3 Å². The van der Waals surface area contributed by atoms with Gasteiger partial charge in [-0.25, -0.2) is 0 Å². The van der Waals surface area contributed by atoms with Gasteiger partial charge < -0.3 is 20.3 Å². The first-order chi connectivity index (χ1) is 32.5. The van der Waals surface area contributed by atoms with Crippen molar-refractivity contribution in [1.82, 2.24) is 5.32 Å². The molecule has 0 spiro atoms. The van der Waals surface area contributed by atoms with Crippen molar-refractivity contribution in [1.29, 1.82) is 0 Å². The average molecular weight is 927 g/mol. The van der Waals surface area contributed by atoms with Crippen molar-refractivity contribution in [3.8, 4) is 0 Å². The van der Waals surface area contributed by atoms with Crippen molar-refractivity contribution in [2.24, 2.45) is 0 Å². The summed E-state index contributed by atoms with van der Waals surface area (Å²) < 4.78 is 5.95. The lowest BCUT2D eigenvalue weighted by molar-refractivity contribution is -0.151. The van der Waals surface area contributed by atoms with Gasteiger partial charge in [0.1, 0.15) is 6.10 Å². The molecule has 0 aliphatic carbocycles. The van der Waals surface area contributed by atoms with E-state index in [-0.39, 0.29) is 24.9 Å². The molecule has 0 radical (unpaired) electrons. The molecule has 0 fully saturated rings. The highest BCUT2D eigenvalue weighted by Crippen LogP contribution is 2.18. The van der Waals surface area contributed by atoms with Gasteiger partial charge in [-0.1, -0.05) is 262 Å². The molecule has 386 valence electrons. The quantitative estimate of drug-likeness (QED) is 0.0321. The third-order valence-electron chi connectivity index (χ3n) is 13.2. The lowest BCUT2D eigenvalue weighted by Crippen LogP contribution is -2.46. The third kappa shape index (κ3) is 48.3. The Labute approximate surface area is 410 Å². The van der Waals surface area contributed by atoms with Crippen molar-refractivity contribution in [3.05, 3.63) is 48.6 Å². The van der Waals surface area contributed by atoms with Gasteiger partial charge in [-0.15, -0.1) is 0 Å². The SMILES string of the molecule is CCCCC/C=C\C/C=C\C/C=C\C/C=C\CCCCCC(=O)OC(CCCCCCCCCCCCCCCC)CC(=O)NC(CO)C(O)CCCCCCCCCCCCCCCC. The Morgan fingerprint density at radius 1 is 0.439 bits per heavy atom. The number of aliphatic hydroxyl groups excluding tert-OH is 2. The smallest absolute Gasteiger partial charge is 0.306 e. The fraction of sp³-hybridized carbons (Fsp3) is 0.833. The van der Waals surface area contributed by atoms with E-state index in [0.717, 1.165) is 77.0 Å². The second-order valence-corrected chi connectivity index (χ2v) is 19.7. The number of aliphatic hydroxyl groups is 2. The molecule has 0 saturated carbocycles. The molecule has 0 aliphatic heterocycles. The zero-order chi connectivity index (χ0) is 48.1. The number of rotatable bonds is 52. The largest absolute Gasteiger partial charge is 0.462 e. The maximum Gasteiger partial charge on any atom is 0.306 e. The summed E-state index contributed by atoms with van der Waals surface area (Å²) in [6.45, 7) is 6.48. The van der Waals surface area contributed by atoms with Gasteiger partial charge in [0, 0.05) is 6.42 Å². The number of unbranched alkanes of at least 4 members (excludes halogenated alkanes) is 32. The molecule has 3 N–H and O–H groups in total. The van der Waals surface area contributed by atoms with Crippen molar-refractivity contribution in [2.45, 2.75) is 315 Å². The van der Waals surface area contributed by atoms with Gasteiger partial charge in [0.2, 0.25) is 5.91 Å². The van der Waals surface area contributed by atoms with Gasteiger partial charge in [-0.2, -0.15) is 0 Å². The monoisotopic (exact) mass is 926 g/mol. The number of hydrogen-bond acceptors (Lipinski definition) is 5. The molecule has 1 amide bonds. The Kier molecular flexibility index (Phi) is 52.0. The van der Waals surface area contributed by atoms with E-state index in [9.17, 15) is 19.8 Å². The molecule has 6 heteroatoms. The lowest BCUT2D eigenvalue weighted by Gasteiger charge is -2.24. The van der Waals surface area contributed by atoms with Crippen molar-refractivity contribution in [2.75, 3.05) is 6.61 Å². The van der Waals surface area contributed by atoms with Crippen molar-refractivity contribution >= 4 is 11.9 Å². The number of amides is 1. The first-order valence-corrected chi connectivity index (χ1v) is 28.9. The molecule has 0 aromatic carbocycles. The molecule has 0 bridgehead atoms. The van der Waals surface area contributed by atoms with Gasteiger partial charge in [-0.05, 0) is 70.6 Å². The Morgan fingerprint density at radius 2 is 0.773 bits per heavy atom. The predicted molar refractivity (Wildman–Crippen MR) is 287 cm³/mol. The van der Waals surface area contributed by atoms with Crippen LogP contribution in [0.2, 0.25) is 0 Å². The zero-order valence-corrected chi connectivity index (χ0v) is 44.1. The molecular formula is C60H111NO5. The first-order valence-electron chi connectivity index (χ1n) is 28.9. The molecule has 3 atom stereocenters. The fourth-order valence-corrected chi connectivity index (χ4v) is 8.77. The number of allylic oxidation sites excluding steroid dienone is 8. The molecule has 0 aromatic rings. The van der Waals surface area contributed by atoms with Crippen LogP contribution in [0.5, 0.6) is 0 Å². The van der Waals surface area contributed by atoms with Crippen molar-refractivity contribution in [3.63, 3.8) is 0 Å². The number of carbonyl (C=O) groups excluding carboxylic acids is 2. The predicted octanol–water partition coefficient (Wildman–Crippen LogP) is 17.8. The van der Waals surface area contributed by atoms with Gasteiger partial charge >= 0.3 is 5.97 Å². The Balaban J connectivity index is 4.58. The van der Waals surface area contributed by atoms with Crippen LogP contribution in [-0.4, -0.2) is 46.9 Å². The number of carbonyl (C=O) groups is 2. The lowest BCUT2D eigenvalue weighted by atomic mass is 10.0. The van der Waals surface area contributed by atoms with E-state index in [2.05, 4.69) is 74.7 Å². The van der Waals surface area contributed by atoms with Crippen LogP contribution in [0, 0.1) is 0 Å². The third-order valence-corrected chi connectivity index (χ3v) is 13.2. The van der Waals surface area contributed by atoms with Gasteiger partial charge in [0.15, 0.2) is 0 Å². The van der Waals surface area contributed by atoms with Gasteiger partial charge in [0.25, 0.3) is 0 Å². The fourth-order valence-electron chi connectivity index (χ4n) is 8.77. The van der Waals surface area contributed by atoms with Crippen LogP contribution in [0.4, 0.5) is 0 Å². The first kappa shape index (κ1) is 63.8. The minimum Gasteiger partial charge on any atom is -0.462 e. The molecule has 3 unspecified atom stereocenters. The molecule has 0 heterocycles. The summed E-state index contributed by atoms with van der Waals surface area (Å²) in [5.41, 5.74) is 0. The molecule has 0 aromatic heterocycles. The minimum absolute atomic E-state index is 0.0678. The van der Waals surface area contributed by atoms with Crippen LogP contribution >= 0.6 is 0 Å². The molecule has 0 aliphatic rings. The molecule has 66 heavy (non-hydrogen) atoms. The van der Waals surface area contributed by atoms with E-state index in [1.165, 1.54) is 173 Å². The van der Waals surface area contributed by atoms with E-state index in [0.29, 0.717) is 19.3 Å². The van der Waals surface area contributed by atoms with Crippen LogP contribution in [0.15, 0.2) is 48.6 Å². The zero-order valence-electron chi connectivity index (χ0n) is 44.1. The normalized spacial score (nSPS) is 13.5. The summed E-state index contributed by atoms with van der Waals surface area (Å²) in [6.07, 6.45) is 66.0. The summed E-state index contributed by atoms with van der Waals surface area (Å²) in [6, 6.07) is -0.707. The molecule has 0 rings (SSSR count). The van der Waals surface area contributed by atoms with E-state index >= 15 is 0 Å². The van der Waals surface area contributed by atoms with Crippen LogP contribution in [0.3, 0.4) is 0 Å². The number of ether oxygens (including phenoxy) is 1. The van der Waals surface area contributed by atoms with E-state index in [4.69, 9.17) is 4.74 Å². The summed E-state index contributed by atoms with van der Waals surface area (Å²) in [5.74, 6) is -0.497. The van der Waals surface area contributed by atoms with E-state index < -0.39 is 18.2 Å². The molecule has 6 nitrogen and oxygen atoms in total. The van der Waals surface area contributed by atoms with Crippen molar-refractivity contribution < 1.29 is 24.5 Å². The second-order valence-electron chi connectivity index (χ2n) is 19.7. The standard InChI is InChI=1S/C60H111NO5/c1-4-7-10-13-16-19-22-25-28-29-30-31-32-35-38-41-44-47-50-53-60(65)66-56(51-48-45-42-39-36-33-26-23-20-17-14-11-8-5-2)54-59(64)61-57(55-62)58(63)52-49-46-43-40-37-34-27-24-21-18-15-12-9-6-3/h16,19,25,28,30-31,35,38,56-58,62-63H,4-15,17-18,20-24,26-27,29,32-34,36-37,39-55H2,1-3H3,(H,61,64)/b19-16-,28-25-,31-30-,38-35-. The summed E-state index contributed by atoms with van der Waals surface area (Å²) in [4.78, 5) is 26.3. The summed E-state index contributed by atoms with van der Waals surface area (Å²) in [7, 11) is 0. The Bertz CT molecular complexity index is 1130. The van der Waals surface area contributed by atoms with Gasteiger partial charge in [-0.3, -0.25) is 9.59 Å². The average Bonchev–Trinajstić information content (AvgIpc) is 3.31. The highest BCUT2D eigenvalue weighted by Gasteiger charge is 2.24. The maximum absolute atomic E-state index is 13.3.